The number of nitrogens with zero attached hydrogens (tertiary/aromatic N) is 2. The van der Waals surface area contributed by atoms with Crippen LogP contribution in [0.15, 0.2) is 36.0 Å². The molecule has 0 aliphatic carbocycles. The number of urea groups is 1. The maximum Gasteiger partial charge on any atom is 0.324 e. The Morgan fingerprint density at radius 1 is 1.39 bits per heavy atom. The number of oxime groups is 1. The van der Waals surface area contributed by atoms with Gasteiger partial charge in [-0.3, -0.25) is 10.1 Å². The average Bonchev–Trinajstić information content (AvgIpc) is 2.53. The van der Waals surface area contributed by atoms with Crippen molar-refractivity contribution in [1.82, 2.24) is 10.2 Å². The average molecular weight is 429 g/mol. The molecule has 0 fully saturated rings. The Labute approximate surface area is 149 Å². The SMILES string of the molecule is C=C(C(=O)NC(=O)N(C)CC)c1ccccc1CO/N=C(\C)I. The van der Waals surface area contributed by atoms with Crippen molar-refractivity contribution in [3.8, 4) is 0 Å². The van der Waals surface area contributed by atoms with Gasteiger partial charge in [-0.25, -0.2) is 4.79 Å². The first kappa shape index (κ1) is 19.1. The second kappa shape index (κ2) is 9.29. The monoisotopic (exact) mass is 429 g/mol. The number of carbonyl (C=O) groups excluding carboxylic acids is 2. The lowest BCUT2D eigenvalue weighted by molar-refractivity contribution is -0.114. The maximum atomic E-state index is 12.2. The zero-order chi connectivity index (χ0) is 17.4. The Hall–Kier alpha value is -1.90. The normalized spacial score (nSPS) is 10.9. The summed E-state index contributed by atoms with van der Waals surface area (Å²) >= 11 is 2.04. The fourth-order valence-electron chi connectivity index (χ4n) is 1.67. The van der Waals surface area contributed by atoms with Crippen molar-refractivity contribution >= 4 is 43.8 Å². The third kappa shape index (κ3) is 6.01. The molecule has 0 atom stereocenters. The predicted octanol–water partition coefficient (Wildman–Crippen LogP) is 3.17. The molecule has 0 unspecified atom stereocenters. The minimum Gasteiger partial charge on any atom is -0.390 e. The van der Waals surface area contributed by atoms with Crippen LogP contribution in [0.2, 0.25) is 0 Å². The molecule has 124 valence electrons. The van der Waals surface area contributed by atoms with Gasteiger partial charge in [-0.05, 0) is 47.6 Å². The van der Waals surface area contributed by atoms with E-state index in [-0.39, 0.29) is 12.2 Å². The highest BCUT2D eigenvalue weighted by Gasteiger charge is 2.17. The smallest absolute Gasteiger partial charge is 0.324 e. The Bertz CT molecular complexity index is 625. The summed E-state index contributed by atoms with van der Waals surface area (Å²) in [5, 5.41) is 6.17. The van der Waals surface area contributed by atoms with Gasteiger partial charge in [0, 0.05) is 19.2 Å². The second-order valence-corrected chi connectivity index (χ2v) is 6.33. The minimum absolute atomic E-state index is 0.206. The lowest BCUT2D eigenvalue weighted by Gasteiger charge is -2.16. The highest BCUT2D eigenvalue weighted by molar-refractivity contribution is 14.1. The van der Waals surface area contributed by atoms with Crippen molar-refractivity contribution in [3.05, 3.63) is 42.0 Å². The fraction of sp³-hybridized carbons (Fsp3) is 0.312. The zero-order valence-corrected chi connectivity index (χ0v) is 15.6. The van der Waals surface area contributed by atoms with Crippen molar-refractivity contribution in [3.63, 3.8) is 0 Å². The summed E-state index contributed by atoms with van der Waals surface area (Å²) < 4.78 is 0.768. The number of nitrogens with one attached hydrogen (secondary N) is 1. The maximum absolute atomic E-state index is 12.2. The molecule has 23 heavy (non-hydrogen) atoms. The molecule has 1 N–H and O–H groups in total. The van der Waals surface area contributed by atoms with Gasteiger partial charge >= 0.3 is 6.03 Å². The van der Waals surface area contributed by atoms with Gasteiger partial charge in [-0.1, -0.05) is 36.0 Å². The quantitative estimate of drug-likeness (QED) is 0.327. The lowest BCUT2D eigenvalue weighted by Crippen LogP contribution is -2.40. The Morgan fingerprint density at radius 3 is 2.65 bits per heavy atom. The number of rotatable bonds is 6. The van der Waals surface area contributed by atoms with Crippen molar-refractivity contribution in [1.29, 1.82) is 0 Å². The highest BCUT2D eigenvalue weighted by Crippen LogP contribution is 2.19. The summed E-state index contributed by atoms with van der Waals surface area (Å²) in [6.45, 7) is 8.14. The highest BCUT2D eigenvalue weighted by atomic mass is 127. The van der Waals surface area contributed by atoms with E-state index < -0.39 is 11.9 Å². The standard InChI is InChI=1S/C16H20IN3O3/c1-5-20(4)16(22)18-15(21)11(2)14-9-7-6-8-13(14)10-23-19-12(3)17/h6-9H,2,5,10H2,1,3-4H3,(H,18,21,22)/b19-12+. The van der Waals surface area contributed by atoms with Gasteiger partial charge in [0.05, 0.1) is 0 Å². The van der Waals surface area contributed by atoms with Crippen LogP contribution in [0, 0.1) is 0 Å². The van der Waals surface area contributed by atoms with E-state index in [0.29, 0.717) is 12.1 Å². The molecule has 1 aromatic rings. The summed E-state index contributed by atoms with van der Waals surface area (Å²) in [4.78, 5) is 30.6. The summed E-state index contributed by atoms with van der Waals surface area (Å²) in [7, 11) is 1.61. The second-order valence-electron chi connectivity index (χ2n) is 4.77. The molecule has 0 radical (unpaired) electrons. The van der Waals surface area contributed by atoms with Crippen LogP contribution in [0.25, 0.3) is 5.57 Å². The van der Waals surface area contributed by atoms with E-state index in [2.05, 4.69) is 17.1 Å². The molecule has 0 bridgehead atoms. The first-order valence-corrected chi connectivity index (χ1v) is 8.10. The van der Waals surface area contributed by atoms with Crippen LogP contribution in [0.3, 0.4) is 0 Å². The lowest BCUT2D eigenvalue weighted by atomic mass is 10.0. The van der Waals surface area contributed by atoms with Gasteiger partial charge < -0.3 is 9.74 Å². The Kier molecular flexibility index (Phi) is 7.73. The molecular formula is C16H20IN3O3. The number of hydrogen-bond acceptors (Lipinski definition) is 4. The van der Waals surface area contributed by atoms with Crippen LogP contribution in [0.4, 0.5) is 4.79 Å². The van der Waals surface area contributed by atoms with E-state index in [4.69, 9.17) is 4.84 Å². The molecule has 0 saturated heterocycles. The molecule has 0 heterocycles. The Morgan fingerprint density at radius 2 is 2.04 bits per heavy atom. The van der Waals surface area contributed by atoms with Crippen LogP contribution in [0.5, 0.6) is 0 Å². The summed E-state index contributed by atoms with van der Waals surface area (Å²) in [5.74, 6) is -0.531. The van der Waals surface area contributed by atoms with Gasteiger partial charge in [-0.15, -0.1) is 0 Å². The van der Waals surface area contributed by atoms with E-state index in [0.717, 1.165) is 9.28 Å². The molecule has 7 heteroatoms. The third-order valence-corrected chi connectivity index (χ3v) is 3.27. The van der Waals surface area contributed by atoms with Crippen LogP contribution in [-0.4, -0.2) is 34.1 Å². The summed E-state index contributed by atoms with van der Waals surface area (Å²) in [6, 6.07) is 6.76. The molecule has 1 rings (SSSR count). The molecule has 0 spiro atoms. The third-order valence-electron chi connectivity index (χ3n) is 3.07. The molecule has 6 nitrogen and oxygen atoms in total. The van der Waals surface area contributed by atoms with Crippen LogP contribution in [-0.2, 0) is 16.2 Å². The first-order valence-electron chi connectivity index (χ1n) is 7.02. The van der Waals surface area contributed by atoms with Crippen molar-refractivity contribution in [2.24, 2.45) is 5.16 Å². The van der Waals surface area contributed by atoms with Crippen LogP contribution >= 0.6 is 22.6 Å². The van der Waals surface area contributed by atoms with E-state index in [9.17, 15) is 9.59 Å². The van der Waals surface area contributed by atoms with Gasteiger partial charge in [0.15, 0.2) is 0 Å². The molecule has 0 aliphatic heterocycles. The summed E-state index contributed by atoms with van der Waals surface area (Å²) in [6.07, 6.45) is 0. The van der Waals surface area contributed by atoms with Gasteiger partial charge in [0.2, 0.25) is 0 Å². The number of amides is 3. The van der Waals surface area contributed by atoms with Crippen molar-refractivity contribution in [2.75, 3.05) is 13.6 Å². The van der Waals surface area contributed by atoms with Gasteiger partial charge in [0.1, 0.15) is 10.3 Å². The number of imide groups is 1. The van der Waals surface area contributed by atoms with Crippen molar-refractivity contribution < 1.29 is 14.4 Å². The molecule has 1 aromatic carbocycles. The fourth-order valence-corrected chi connectivity index (χ4v) is 1.80. The molecule has 0 aromatic heterocycles. The number of halogens is 1. The molecule has 0 aliphatic rings. The largest absolute Gasteiger partial charge is 0.390 e. The van der Waals surface area contributed by atoms with Crippen LogP contribution in [0.1, 0.15) is 25.0 Å². The van der Waals surface area contributed by atoms with E-state index in [1.54, 1.807) is 19.2 Å². The minimum atomic E-state index is -0.531. The zero-order valence-electron chi connectivity index (χ0n) is 13.4. The van der Waals surface area contributed by atoms with Gasteiger partial charge in [0.25, 0.3) is 5.91 Å². The molecule has 3 amide bonds. The number of benzene rings is 1. The number of hydrogen-bond donors (Lipinski definition) is 1. The predicted molar refractivity (Wildman–Crippen MR) is 99.2 cm³/mol. The summed E-state index contributed by atoms with van der Waals surface area (Å²) in [5.41, 5.74) is 1.60. The van der Waals surface area contributed by atoms with E-state index in [1.165, 1.54) is 4.90 Å². The van der Waals surface area contributed by atoms with Crippen molar-refractivity contribution in [2.45, 2.75) is 20.5 Å². The topological polar surface area (TPSA) is 71.0 Å². The van der Waals surface area contributed by atoms with E-state index in [1.807, 2.05) is 48.6 Å². The number of carbonyl (C=O) groups is 2. The van der Waals surface area contributed by atoms with Crippen LogP contribution < -0.4 is 5.32 Å². The molecular weight excluding hydrogens is 409 g/mol. The Balaban J connectivity index is 2.85. The first-order chi connectivity index (χ1) is 10.9. The molecule has 0 saturated carbocycles. The van der Waals surface area contributed by atoms with Gasteiger partial charge in [-0.2, -0.15) is 0 Å². The van der Waals surface area contributed by atoms with E-state index >= 15 is 0 Å².